The predicted octanol–water partition coefficient (Wildman–Crippen LogP) is 2.03. The van der Waals surface area contributed by atoms with Crippen LogP contribution in [-0.2, 0) is 33.5 Å². The van der Waals surface area contributed by atoms with E-state index in [1.54, 1.807) is 0 Å². The highest BCUT2D eigenvalue weighted by atomic mass is 32.2. The molecule has 3 rings (SSSR count). The highest BCUT2D eigenvalue weighted by Gasteiger charge is 2.25. The maximum absolute atomic E-state index is 12.8. The Morgan fingerprint density at radius 3 is 2.57 bits per heavy atom. The average Bonchev–Trinajstić information content (AvgIpc) is 3.26. The molecular formula is C18H21N5O5S2. The summed E-state index contributed by atoms with van der Waals surface area (Å²) in [5, 5.41) is 9.26. The fraction of sp³-hybridized carbons (Fsp3) is 0.444. The number of aromatic amines is 1. The lowest BCUT2D eigenvalue weighted by atomic mass is 10.1. The monoisotopic (exact) mass is 451 g/mol. The van der Waals surface area contributed by atoms with Crippen molar-refractivity contribution in [1.82, 2.24) is 24.7 Å². The van der Waals surface area contributed by atoms with Crippen LogP contribution in [0.25, 0.3) is 10.2 Å². The zero-order valence-corrected chi connectivity index (χ0v) is 18.8. The van der Waals surface area contributed by atoms with Crippen molar-refractivity contribution in [2.75, 3.05) is 14.2 Å². The smallest absolute Gasteiger partial charge is 0.348 e. The van der Waals surface area contributed by atoms with Crippen molar-refractivity contribution in [3.63, 3.8) is 0 Å². The van der Waals surface area contributed by atoms with E-state index in [1.165, 1.54) is 26.0 Å². The van der Waals surface area contributed by atoms with E-state index in [9.17, 15) is 14.4 Å². The van der Waals surface area contributed by atoms with E-state index in [0.717, 1.165) is 17.2 Å². The molecule has 3 aromatic rings. The molecule has 0 unspecified atom stereocenters. The molecule has 0 aliphatic carbocycles. The van der Waals surface area contributed by atoms with Crippen molar-refractivity contribution in [3.05, 3.63) is 32.4 Å². The average molecular weight is 452 g/mol. The summed E-state index contributed by atoms with van der Waals surface area (Å²) in [4.78, 5) is 44.4. The Bertz CT molecular complexity index is 1160. The van der Waals surface area contributed by atoms with Gasteiger partial charge in [-0.15, -0.1) is 21.5 Å². The van der Waals surface area contributed by atoms with Crippen molar-refractivity contribution in [3.8, 4) is 0 Å². The second-order valence-corrected chi connectivity index (χ2v) is 8.63. The summed E-state index contributed by atoms with van der Waals surface area (Å²) in [6.45, 7) is 4.07. The summed E-state index contributed by atoms with van der Waals surface area (Å²) in [7, 11) is 4.36. The SMILES string of the molecule is COC(=O)Cc1c(C(=O)OC)sc2nc(CSc3nnc(C(C)C)n3C)[nH]c(=O)c12. The van der Waals surface area contributed by atoms with Gasteiger partial charge in [-0.3, -0.25) is 9.59 Å². The molecule has 12 heteroatoms. The first-order chi connectivity index (χ1) is 14.3. The van der Waals surface area contributed by atoms with Crippen molar-refractivity contribution in [2.24, 2.45) is 7.05 Å². The van der Waals surface area contributed by atoms with E-state index < -0.39 is 17.5 Å². The Morgan fingerprint density at radius 1 is 1.23 bits per heavy atom. The van der Waals surface area contributed by atoms with Crippen LogP contribution in [0.3, 0.4) is 0 Å². The molecule has 30 heavy (non-hydrogen) atoms. The lowest BCUT2D eigenvalue weighted by Gasteiger charge is -2.05. The van der Waals surface area contributed by atoms with Crippen LogP contribution in [0, 0.1) is 0 Å². The molecule has 0 radical (unpaired) electrons. The lowest BCUT2D eigenvalue weighted by Crippen LogP contribution is -2.15. The molecule has 160 valence electrons. The van der Waals surface area contributed by atoms with Gasteiger partial charge >= 0.3 is 11.9 Å². The number of nitrogens with zero attached hydrogens (tertiary/aromatic N) is 4. The number of thioether (sulfide) groups is 1. The third-order valence-corrected chi connectivity index (χ3v) is 6.49. The number of nitrogens with one attached hydrogen (secondary N) is 1. The molecule has 10 nitrogen and oxygen atoms in total. The van der Waals surface area contributed by atoms with Crippen molar-refractivity contribution >= 4 is 45.3 Å². The molecule has 0 aromatic carbocycles. The van der Waals surface area contributed by atoms with Crippen LogP contribution >= 0.6 is 23.1 Å². The number of aromatic nitrogens is 5. The molecule has 0 aliphatic heterocycles. The summed E-state index contributed by atoms with van der Waals surface area (Å²) in [5.41, 5.74) is -0.168. The number of rotatable bonds is 7. The van der Waals surface area contributed by atoms with Crippen LogP contribution in [0.4, 0.5) is 0 Å². The molecule has 0 fully saturated rings. The molecule has 3 aromatic heterocycles. The highest BCUT2D eigenvalue weighted by molar-refractivity contribution is 7.98. The number of hydrogen-bond donors (Lipinski definition) is 1. The van der Waals surface area contributed by atoms with Gasteiger partial charge in [-0.05, 0) is 0 Å². The van der Waals surface area contributed by atoms with Gasteiger partial charge in [0.25, 0.3) is 5.56 Å². The minimum atomic E-state index is -0.632. The quantitative estimate of drug-likeness (QED) is 0.424. The van der Waals surface area contributed by atoms with Crippen LogP contribution in [0.1, 0.15) is 46.6 Å². The van der Waals surface area contributed by atoms with E-state index in [2.05, 4.69) is 24.9 Å². The van der Waals surface area contributed by atoms with Crippen LogP contribution < -0.4 is 5.56 Å². The third kappa shape index (κ3) is 4.24. The van der Waals surface area contributed by atoms with Crippen LogP contribution in [0.5, 0.6) is 0 Å². The number of H-pyrrole nitrogens is 1. The normalized spacial score (nSPS) is 11.3. The largest absolute Gasteiger partial charge is 0.469 e. The first-order valence-electron chi connectivity index (χ1n) is 8.98. The van der Waals surface area contributed by atoms with E-state index in [4.69, 9.17) is 4.74 Å². The van der Waals surface area contributed by atoms with Gasteiger partial charge < -0.3 is 19.0 Å². The number of methoxy groups -OCH3 is 2. The number of thiophene rings is 1. The summed E-state index contributed by atoms with van der Waals surface area (Å²) >= 11 is 2.40. The van der Waals surface area contributed by atoms with E-state index >= 15 is 0 Å². The van der Waals surface area contributed by atoms with Crippen molar-refractivity contribution in [2.45, 2.75) is 37.1 Å². The minimum absolute atomic E-state index is 0.163. The highest BCUT2D eigenvalue weighted by Crippen LogP contribution is 2.30. The number of fused-ring (bicyclic) bond motifs is 1. The Hall–Kier alpha value is -2.73. The molecule has 0 atom stereocenters. The zero-order valence-electron chi connectivity index (χ0n) is 17.1. The number of carbonyl (C=O) groups excluding carboxylic acids is 2. The summed E-state index contributed by atoms with van der Waals surface area (Å²) in [5.74, 6) is 0.682. The number of hydrogen-bond acceptors (Lipinski definition) is 10. The molecule has 1 N–H and O–H groups in total. The van der Waals surface area contributed by atoms with Gasteiger partial charge in [-0.25, -0.2) is 9.78 Å². The fourth-order valence-corrected chi connectivity index (χ4v) is 4.83. The van der Waals surface area contributed by atoms with Gasteiger partial charge in [0.15, 0.2) is 5.16 Å². The number of esters is 2. The summed E-state index contributed by atoms with van der Waals surface area (Å²) in [6, 6.07) is 0. The molecule has 0 saturated heterocycles. The molecule has 0 amide bonds. The van der Waals surface area contributed by atoms with Crippen molar-refractivity contribution < 1.29 is 19.1 Å². The Balaban J connectivity index is 1.96. The maximum atomic E-state index is 12.8. The van der Waals surface area contributed by atoms with Crippen LogP contribution in [-0.4, -0.2) is 50.9 Å². The van der Waals surface area contributed by atoms with Gasteiger partial charge in [-0.2, -0.15) is 0 Å². The minimum Gasteiger partial charge on any atom is -0.469 e. The molecule has 0 aliphatic rings. The van der Waals surface area contributed by atoms with Gasteiger partial charge in [0.2, 0.25) is 0 Å². The molecular weight excluding hydrogens is 430 g/mol. The van der Waals surface area contributed by atoms with E-state index in [-0.39, 0.29) is 28.2 Å². The van der Waals surface area contributed by atoms with Gasteiger partial charge in [0.05, 0.1) is 31.8 Å². The Kier molecular flexibility index (Phi) is 6.56. The van der Waals surface area contributed by atoms with E-state index in [0.29, 0.717) is 21.6 Å². The predicted molar refractivity (Wildman–Crippen MR) is 112 cm³/mol. The second kappa shape index (κ2) is 8.96. The van der Waals surface area contributed by atoms with Gasteiger partial charge in [-0.1, -0.05) is 25.6 Å². The zero-order chi connectivity index (χ0) is 22.0. The van der Waals surface area contributed by atoms with Gasteiger partial charge in [0, 0.05) is 18.5 Å². The maximum Gasteiger partial charge on any atom is 0.348 e. The van der Waals surface area contributed by atoms with Crippen LogP contribution in [0.15, 0.2) is 9.95 Å². The Labute approximate surface area is 180 Å². The molecule has 3 heterocycles. The molecule has 0 saturated carbocycles. The summed E-state index contributed by atoms with van der Waals surface area (Å²) < 4.78 is 11.4. The number of carbonyl (C=O) groups is 2. The fourth-order valence-electron chi connectivity index (χ4n) is 2.91. The third-order valence-electron chi connectivity index (χ3n) is 4.35. The standard InChI is InChI=1S/C18H21N5O5S2/c1-8(2)14-21-22-18(23(14)3)29-7-10-19-15(25)12-9(6-11(24)27-4)13(17(26)28-5)30-16(12)20-10/h8H,6-7H2,1-5H3,(H,19,20,25). The lowest BCUT2D eigenvalue weighted by molar-refractivity contribution is -0.139. The Morgan fingerprint density at radius 2 is 1.97 bits per heavy atom. The van der Waals surface area contributed by atoms with Crippen molar-refractivity contribution in [1.29, 1.82) is 0 Å². The first-order valence-corrected chi connectivity index (χ1v) is 10.8. The summed E-state index contributed by atoms with van der Waals surface area (Å²) in [6.07, 6.45) is -0.225. The number of ether oxygens (including phenoxy) is 2. The first kappa shape index (κ1) is 22.0. The molecule has 0 spiro atoms. The topological polar surface area (TPSA) is 129 Å². The van der Waals surface area contributed by atoms with Crippen LogP contribution in [0.2, 0.25) is 0 Å². The molecule has 0 bridgehead atoms. The van der Waals surface area contributed by atoms with E-state index in [1.807, 2.05) is 25.5 Å². The second-order valence-electron chi connectivity index (χ2n) is 6.69. The van der Waals surface area contributed by atoms with Gasteiger partial charge in [0.1, 0.15) is 21.4 Å².